The van der Waals surface area contributed by atoms with Gasteiger partial charge in [0, 0.05) is 16.4 Å². The number of amides is 2. The van der Waals surface area contributed by atoms with E-state index in [1.165, 1.54) is 33.4 Å². The van der Waals surface area contributed by atoms with E-state index < -0.39 is 36.5 Å². The van der Waals surface area contributed by atoms with Crippen LogP contribution < -0.4 is 15.6 Å². The quantitative estimate of drug-likeness (QED) is 0.112. The van der Waals surface area contributed by atoms with Crippen molar-refractivity contribution in [1.29, 1.82) is 0 Å². The normalized spacial score (nSPS) is 19.4. The van der Waals surface area contributed by atoms with Gasteiger partial charge in [-0.2, -0.15) is 0 Å². The van der Waals surface area contributed by atoms with Gasteiger partial charge in [-0.05, 0) is 12.8 Å². The third kappa shape index (κ3) is 4.93. The number of carboxylic acids is 1. The summed E-state index contributed by atoms with van der Waals surface area (Å²) in [5.41, 5.74) is 6.19. The maximum Gasteiger partial charge on any atom is 0.353 e. The molecule has 12 nitrogen and oxygen atoms in total. The molecule has 2 aliphatic rings. The Balaban J connectivity index is 1.35. The number of carboxylic acid groups (broad SMARTS) is 1. The van der Waals surface area contributed by atoms with Gasteiger partial charge in [-0.3, -0.25) is 14.5 Å². The van der Waals surface area contributed by atoms with E-state index in [0.717, 1.165) is 21.6 Å². The van der Waals surface area contributed by atoms with E-state index in [1.807, 2.05) is 30.1 Å². The molecule has 4 N–H and O–H groups in total. The van der Waals surface area contributed by atoms with Gasteiger partial charge >= 0.3 is 5.97 Å². The highest BCUT2D eigenvalue weighted by molar-refractivity contribution is 8.04. The lowest BCUT2D eigenvalue weighted by molar-refractivity contribution is -0.670. The number of nitrogens with one attached hydrogen (secondary N) is 1. The Morgan fingerprint density at radius 2 is 2.26 bits per heavy atom. The smallest absolute Gasteiger partial charge is 0.353 e. The Labute approximate surface area is 227 Å². The summed E-state index contributed by atoms with van der Waals surface area (Å²) < 4.78 is 16.0. The molecule has 3 aromatic rings. The molecule has 0 spiro atoms. The van der Waals surface area contributed by atoms with Gasteiger partial charge in [0.2, 0.25) is 0 Å². The molecule has 2 aliphatic heterocycles. The van der Waals surface area contributed by atoms with E-state index in [1.54, 1.807) is 0 Å². The lowest BCUT2D eigenvalue weighted by Crippen LogP contribution is -2.72. The largest absolute Gasteiger partial charge is 0.477 e. The van der Waals surface area contributed by atoms with Gasteiger partial charge in [-0.15, -0.1) is 22.7 Å². The topological polar surface area (TPSA) is 164 Å². The fraction of sp³-hybridized carbons (Fsp3) is 0.318. The Morgan fingerprint density at radius 3 is 2.97 bits per heavy atom. The van der Waals surface area contributed by atoms with Crippen molar-refractivity contribution in [1.82, 2.24) is 20.2 Å². The second-order valence-corrected chi connectivity index (χ2v) is 11.6. The number of oxime groups is 1. The second-order valence-electron chi connectivity index (χ2n) is 8.32. The number of halogens is 1. The van der Waals surface area contributed by atoms with Crippen molar-refractivity contribution in [3.8, 4) is 0 Å². The minimum Gasteiger partial charge on any atom is -0.477 e. The Morgan fingerprint density at radius 1 is 1.45 bits per heavy atom. The molecule has 2 amide bonds. The molecule has 198 valence electrons. The van der Waals surface area contributed by atoms with E-state index in [0.29, 0.717) is 22.1 Å². The number of anilines is 1. The molecule has 38 heavy (non-hydrogen) atoms. The van der Waals surface area contributed by atoms with Crippen LogP contribution in [0.2, 0.25) is 0 Å². The molecule has 0 aromatic carbocycles. The highest BCUT2D eigenvalue weighted by Crippen LogP contribution is 2.44. The summed E-state index contributed by atoms with van der Waals surface area (Å²) >= 11 is 3.75. The first kappa shape index (κ1) is 26.0. The highest BCUT2D eigenvalue weighted by Gasteiger charge is 2.54. The zero-order valence-corrected chi connectivity index (χ0v) is 22.2. The Bertz CT molecular complexity index is 1500. The minimum atomic E-state index is -1.23. The lowest BCUT2D eigenvalue weighted by Gasteiger charge is -2.49. The summed E-state index contributed by atoms with van der Waals surface area (Å²) in [7, 11) is 1.89. The van der Waals surface area contributed by atoms with Crippen molar-refractivity contribution in [2.75, 3.05) is 19.0 Å². The van der Waals surface area contributed by atoms with E-state index in [2.05, 4.69) is 20.4 Å². The van der Waals surface area contributed by atoms with Gasteiger partial charge in [0.05, 0.1) is 10.7 Å². The fourth-order valence-corrected chi connectivity index (χ4v) is 6.99. The summed E-state index contributed by atoms with van der Waals surface area (Å²) in [6.45, 7) is -1.18. The molecule has 5 rings (SSSR count). The predicted octanol–water partition coefficient (Wildman–Crippen LogP) is 1.43. The summed E-state index contributed by atoms with van der Waals surface area (Å²) in [6.07, 6.45) is 4.61. The van der Waals surface area contributed by atoms with Crippen LogP contribution in [0.3, 0.4) is 0 Å². The molecule has 0 saturated carbocycles. The highest BCUT2D eigenvalue weighted by atomic mass is 32.2. The van der Waals surface area contributed by atoms with Crippen LogP contribution in [0.5, 0.6) is 0 Å². The van der Waals surface area contributed by atoms with Crippen LogP contribution in [-0.2, 0) is 26.3 Å². The number of fused-ring (bicyclic) bond motifs is 2. The number of carbonyl (C=O) groups excluding carboxylic acids is 2. The minimum absolute atomic E-state index is 0.112. The molecule has 5 heterocycles. The number of aliphatic carboxylic acids is 1. The molecule has 1 fully saturated rings. The predicted molar refractivity (Wildman–Crippen MR) is 138 cm³/mol. The molecule has 0 aliphatic carbocycles. The van der Waals surface area contributed by atoms with Gasteiger partial charge in [0.25, 0.3) is 11.8 Å². The monoisotopic (exact) mass is 578 g/mol. The molecule has 2 atom stereocenters. The third-order valence-corrected chi connectivity index (χ3v) is 8.76. The number of thioether (sulfide) groups is 1. The van der Waals surface area contributed by atoms with E-state index in [9.17, 15) is 23.9 Å². The van der Waals surface area contributed by atoms with Crippen LogP contribution in [0.25, 0.3) is 10.2 Å². The van der Waals surface area contributed by atoms with Gasteiger partial charge in [0.15, 0.2) is 27.6 Å². The van der Waals surface area contributed by atoms with E-state index in [-0.39, 0.29) is 28.8 Å². The van der Waals surface area contributed by atoms with Crippen molar-refractivity contribution in [3.63, 3.8) is 0 Å². The maximum absolute atomic E-state index is 13.1. The maximum atomic E-state index is 13.1. The SMILES string of the molecule is C[n+]1ccc2sc(SC3=C(C(=O)O)N4C(=O)[C@@H](NC(=O)/C(=N/OCCF)c5csc(N)n5)[C@H]4CC3)nc2c1. The van der Waals surface area contributed by atoms with Crippen molar-refractivity contribution < 1.29 is 33.3 Å². The number of rotatable bonds is 9. The standard InChI is InChI=1S/C22H20FN7O5S3/c1-29-6-4-13-10(8-29)26-22(37-13)38-14-3-2-12-16(19(32)30(12)17(14)20(33)34)27-18(31)15(28-35-7-5-23)11-9-36-21(24)25-11/h4,6,8-9,12,16H,2-3,5,7H2,1H3,(H3-,24,25,27,31,33,34)/p+1/b28-15+/t12-,16+/m1/s1. The third-order valence-electron chi connectivity index (χ3n) is 5.84. The van der Waals surface area contributed by atoms with Crippen molar-refractivity contribution in [3.05, 3.63) is 40.1 Å². The number of nitrogen functional groups attached to an aromatic ring is 1. The fourth-order valence-electron chi connectivity index (χ4n) is 4.19. The van der Waals surface area contributed by atoms with E-state index in [4.69, 9.17) is 10.6 Å². The van der Waals surface area contributed by atoms with Crippen LogP contribution in [0.15, 0.2) is 43.9 Å². The summed E-state index contributed by atoms with van der Waals surface area (Å²) in [4.78, 5) is 53.5. The lowest BCUT2D eigenvalue weighted by atomic mass is 9.86. The Hall–Kier alpha value is -3.63. The van der Waals surface area contributed by atoms with Crippen LogP contribution in [0.4, 0.5) is 9.52 Å². The number of hydrogen-bond acceptors (Lipinski definition) is 11. The molecule has 1 saturated heterocycles. The summed E-state index contributed by atoms with van der Waals surface area (Å²) in [5.74, 6) is -2.56. The second kappa shape index (κ2) is 10.6. The van der Waals surface area contributed by atoms with Crippen LogP contribution in [0, 0.1) is 0 Å². The number of aryl methyl sites for hydroxylation is 1. The van der Waals surface area contributed by atoms with Crippen LogP contribution in [0.1, 0.15) is 18.5 Å². The molecule has 3 aromatic heterocycles. The molecule has 0 unspecified atom stereocenters. The zero-order chi connectivity index (χ0) is 27.0. The van der Waals surface area contributed by atoms with Crippen LogP contribution >= 0.6 is 34.4 Å². The first-order valence-corrected chi connectivity index (χ1v) is 13.8. The number of carbonyl (C=O) groups is 3. The molecular weight excluding hydrogens is 557 g/mol. The number of allylic oxidation sites excluding steroid dienone is 1. The zero-order valence-electron chi connectivity index (χ0n) is 19.8. The van der Waals surface area contributed by atoms with Gasteiger partial charge in [-0.1, -0.05) is 16.9 Å². The number of β-lactam (4-membered cyclic amide) rings is 1. The summed E-state index contributed by atoms with van der Waals surface area (Å²) in [5, 5.41) is 17.9. The van der Waals surface area contributed by atoms with Gasteiger partial charge in [-0.25, -0.2) is 23.7 Å². The number of nitrogens with zero attached hydrogens (tertiary/aromatic N) is 5. The number of thiazole rings is 2. The van der Waals surface area contributed by atoms with Crippen LogP contribution in [-0.4, -0.2) is 68.8 Å². The van der Waals surface area contributed by atoms with Crippen molar-refractivity contribution in [2.24, 2.45) is 12.2 Å². The number of nitrogens with two attached hydrogens (primary N) is 1. The number of hydrogen-bond donors (Lipinski definition) is 3. The molecule has 16 heteroatoms. The van der Waals surface area contributed by atoms with Gasteiger partial charge < -0.3 is 21.0 Å². The number of aromatic nitrogens is 3. The number of pyridine rings is 1. The Kier molecular flexibility index (Phi) is 7.27. The molecule has 0 bridgehead atoms. The van der Waals surface area contributed by atoms with Gasteiger partial charge in [0.1, 0.15) is 43.3 Å². The first-order valence-electron chi connectivity index (χ1n) is 11.3. The van der Waals surface area contributed by atoms with Crippen molar-refractivity contribution >= 4 is 73.3 Å². The average molecular weight is 579 g/mol. The molecular formula is C22H21FN7O5S3+. The average Bonchev–Trinajstić information content (AvgIpc) is 3.49. The van der Waals surface area contributed by atoms with E-state index >= 15 is 0 Å². The number of alkyl halides is 1. The van der Waals surface area contributed by atoms with Crippen molar-refractivity contribution in [2.45, 2.75) is 29.3 Å². The first-order chi connectivity index (χ1) is 18.3. The summed E-state index contributed by atoms with van der Waals surface area (Å²) in [6, 6.07) is 0.422. The molecule has 0 radical (unpaired) electrons.